The van der Waals surface area contributed by atoms with Gasteiger partial charge in [0, 0.05) is 0 Å². The molecule has 1 unspecified atom stereocenters. The van der Waals surface area contributed by atoms with Crippen molar-refractivity contribution >= 4 is 12.4 Å². The number of nitrogens with two attached hydrogens (primary N) is 1. The largest absolute Gasteiger partial charge is 0.389 e. The molecule has 0 aromatic heterocycles. The van der Waals surface area contributed by atoms with Crippen LogP contribution in [0.15, 0.2) is 0 Å². The predicted octanol–water partition coefficient (Wildman–Crippen LogP) is 0.931. The standard InChI is InChI=1S/C8H19NO2.ClH/c1-6(2)11-5-7(9)8(3,4)10;/h6-7,10H,5,9H2,1-4H3;1H. The maximum absolute atomic E-state index is 9.39. The van der Waals surface area contributed by atoms with Crippen LogP contribution in [0.4, 0.5) is 0 Å². The second-order valence-corrected chi connectivity index (χ2v) is 3.64. The minimum Gasteiger partial charge on any atom is -0.389 e. The zero-order valence-electron chi connectivity index (χ0n) is 8.20. The molecule has 0 radical (unpaired) electrons. The third kappa shape index (κ3) is 6.85. The Morgan fingerprint density at radius 2 is 1.83 bits per heavy atom. The van der Waals surface area contributed by atoms with Crippen molar-refractivity contribution in [3.8, 4) is 0 Å². The predicted molar refractivity (Wildman–Crippen MR) is 52.6 cm³/mol. The Morgan fingerprint density at radius 3 is 2.08 bits per heavy atom. The number of rotatable bonds is 4. The molecule has 0 spiro atoms. The molecule has 0 aliphatic heterocycles. The van der Waals surface area contributed by atoms with Gasteiger partial charge < -0.3 is 15.6 Å². The Bertz CT molecular complexity index is 112. The second kappa shape index (κ2) is 5.75. The molecule has 0 saturated heterocycles. The van der Waals surface area contributed by atoms with Crippen LogP contribution in [-0.4, -0.2) is 29.5 Å². The van der Waals surface area contributed by atoms with Gasteiger partial charge in [-0.05, 0) is 27.7 Å². The summed E-state index contributed by atoms with van der Waals surface area (Å²) in [6, 6.07) is -0.315. The average Bonchev–Trinajstić information content (AvgIpc) is 1.80. The van der Waals surface area contributed by atoms with E-state index in [-0.39, 0.29) is 24.6 Å². The van der Waals surface area contributed by atoms with Crippen LogP contribution in [0.25, 0.3) is 0 Å². The van der Waals surface area contributed by atoms with E-state index in [2.05, 4.69) is 0 Å². The number of halogens is 1. The van der Waals surface area contributed by atoms with E-state index in [1.165, 1.54) is 0 Å². The first kappa shape index (κ1) is 14.7. The zero-order chi connectivity index (χ0) is 9.07. The molecular formula is C8H20ClNO2. The lowest BCUT2D eigenvalue weighted by atomic mass is 10.0. The van der Waals surface area contributed by atoms with Gasteiger partial charge in [-0.15, -0.1) is 12.4 Å². The molecule has 0 aromatic rings. The van der Waals surface area contributed by atoms with Gasteiger partial charge in [0.15, 0.2) is 0 Å². The van der Waals surface area contributed by atoms with E-state index in [9.17, 15) is 5.11 Å². The summed E-state index contributed by atoms with van der Waals surface area (Å²) in [6.45, 7) is 7.65. The molecule has 3 nitrogen and oxygen atoms in total. The van der Waals surface area contributed by atoms with Crippen molar-refractivity contribution in [1.82, 2.24) is 0 Å². The topological polar surface area (TPSA) is 55.5 Å². The molecule has 3 N–H and O–H groups in total. The monoisotopic (exact) mass is 197 g/mol. The number of hydrogen-bond acceptors (Lipinski definition) is 3. The highest BCUT2D eigenvalue weighted by molar-refractivity contribution is 5.85. The molecule has 76 valence electrons. The quantitative estimate of drug-likeness (QED) is 0.705. The van der Waals surface area contributed by atoms with Crippen molar-refractivity contribution < 1.29 is 9.84 Å². The Kier molecular flexibility index (Phi) is 7.04. The van der Waals surface area contributed by atoms with E-state index in [0.29, 0.717) is 6.61 Å². The van der Waals surface area contributed by atoms with Crippen molar-refractivity contribution in [2.24, 2.45) is 5.73 Å². The average molecular weight is 198 g/mol. The Labute approximate surface area is 80.7 Å². The molecule has 0 bridgehead atoms. The van der Waals surface area contributed by atoms with Gasteiger partial charge in [-0.1, -0.05) is 0 Å². The molecule has 0 heterocycles. The number of ether oxygens (including phenoxy) is 1. The smallest absolute Gasteiger partial charge is 0.0764 e. The zero-order valence-corrected chi connectivity index (χ0v) is 9.02. The highest BCUT2D eigenvalue weighted by Crippen LogP contribution is 2.06. The minimum atomic E-state index is -0.852. The summed E-state index contributed by atoms with van der Waals surface area (Å²) in [6.07, 6.45) is 0.170. The fourth-order valence-electron chi connectivity index (χ4n) is 0.500. The third-order valence-corrected chi connectivity index (χ3v) is 1.52. The molecule has 1 atom stereocenters. The van der Waals surface area contributed by atoms with E-state index in [4.69, 9.17) is 10.5 Å². The summed E-state index contributed by atoms with van der Waals surface area (Å²) < 4.78 is 5.25. The first-order valence-electron chi connectivity index (χ1n) is 3.93. The third-order valence-electron chi connectivity index (χ3n) is 1.52. The van der Waals surface area contributed by atoms with E-state index in [1.807, 2.05) is 13.8 Å². The Morgan fingerprint density at radius 1 is 1.42 bits per heavy atom. The van der Waals surface area contributed by atoms with Crippen molar-refractivity contribution in [1.29, 1.82) is 0 Å². The lowest BCUT2D eigenvalue weighted by Crippen LogP contribution is -2.46. The minimum absolute atomic E-state index is 0. The molecule has 0 aliphatic carbocycles. The second-order valence-electron chi connectivity index (χ2n) is 3.64. The van der Waals surface area contributed by atoms with Crippen molar-refractivity contribution in [3.05, 3.63) is 0 Å². The molecule has 0 rings (SSSR count). The van der Waals surface area contributed by atoms with Gasteiger partial charge >= 0.3 is 0 Å². The van der Waals surface area contributed by atoms with Crippen LogP contribution >= 0.6 is 12.4 Å². The van der Waals surface area contributed by atoms with E-state index < -0.39 is 5.60 Å². The maximum Gasteiger partial charge on any atom is 0.0764 e. The van der Waals surface area contributed by atoms with Crippen molar-refractivity contribution in [3.63, 3.8) is 0 Å². The van der Waals surface area contributed by atoms with Gasteiger partial charge in [0.05, 0.1) is 24.4 Å². The fourth-order valence-corrected chi connectivity index (χ4v) is 0.500. The maximum atomic E-state index is 9.39. The molecule has 0 saturated carbocycles. The summed E-state index contributed by atoms with van der Waals surface area (Å²) in [5, 5.41) is 9.39. The van der Waals surface area contributed by atoms with Gasteiger partial charge in [0.2, 0.25) is 0 Å². The Balaban J connectivity index is 0. The molecule has 0 fully saturated rings. The van der Waals surface area contributed by atoms with Crippen LogP contribution in [0, 0.1) is 0 Å². The van der Waals surface area contributed by atoms with Gasteiger partial charge in [-0.25, -0.2) is 0 Å². The first-order valence-corrected chi connectivity index (χ1v) is 3.93. The van der Waals surface area contributed by atoms with E-state index in [0.717, 1.165) is 0 Å². The van der Waals surface area contributed by atoms with Crippen LogP contribution < -0.4 is 5.73 Å². The van der Waals surface area contributed by atoms with Crippen molar-refractivity contribution in [2.45, 2.75) is 45.4 Å². The fraction of sp³-hybridized carbons (Fsp3) is 1.00. The molecule has 0 aliphatic rings. The lowest BCUT2D eigenvalue weighted by Gasteiger charge is -2.26. The number of aliphatic hydroxyl groups is 1. The van der Waals surface area contributed by atoms with E-state index in [1.54, 1.807) is 13.8 Å². The first-order chi connectivity index (χ1) is 4.84. The molecule has 4 heteroatoms. The Hall–Kier alpha value is 0.170. The highest BCUT2D eigenvalue weighted by atomic mass is 35.5. The van der Waals surface area contributed by atoms with Gasteiger partial charge in [-0.3, -0.25) is 0 Å². The van der Waals surface area contributed by atoms with Crippen LogP contribution in [0.1, 0.15) is 27.7 Å². The van der Waals surface area contributed by atoms with Crippen LogP contribution in [-0.2, 0) is 4.74 Å². The van der Waals surface area contributed by atoms with Crippen LogP contribution in [0.2, 0.25) is 0 Å². The molecule has 0 amide bonds. The van der Waals surface area contributed by atoms with Crippen LogP contribution in [0.3, 0.4) is 0 Å². The van der Waals surface area contributed by atoms with E-state index >= 15 is 0 Å². The summed E-state index contributed by atoms with van der Waals surface area (Å²) in [7, 11) is 0. The lowest BCUT2D eigenvalue weighted by molar-refractivity contribution is -0.00863. The summed E-state index contributed by atoms with van der Waals surface area (Å²) in [5.41, 5.74) is 4.77. The highest BCUT2D eigenvalue weighted by Gasteiger charge is 2.22. The number of hydrogen-bond donors (Lipinski definition) is 2. The molecule has 12 heavy (non-hydrogen) atoms. The van der Waals surface area contributed by atoms with Gasteiger partial charge in [0.1, 0.15) is 0 Å². The van der Waals surface area contributed by atoms with Crippen molar-refractivity contribution in [2.75, 3.05) is 6.61 Å². The van der Waals surface area contributed by atoms with Crippen LogP contribution in [0.5, 0.6) is 0 Å². The molecular weight excluding hydrogens is 178 g/mol. The normalized spacial score (nSPS) is 14.2. The SMILES string of the molecule is CC(C)OCC(N)C(C)(C)O.Cl. The summed E-state index contributed by atoms with van der Waals surface area (Å²) >= 11 is 0. The molecule has 0 aromatic carbocycles. The van der Waals surface area contributed by atoms with Gasteiger partial charge in [0.25, 0.3) is 0 Å². The van der Waals surface area contributed by atoms with Gasteiger partial charge in [-0.2, -0.15) is 0 Å². The summed E-state index contributed by atoms with van der Waals surface area (Å²) in [5.74, 6) is 0. The summed E-state index contributed by atoms with van der Waals surface area (Å²) in [4.78, 5) is 0.